The largest absolute Gasteiger partial charge is 0.351 e. The van der Waals surface area contributed by atoms with Gasteiger partial charge in [-0.2, -0.15) is 0 Å². The van der Waals surface area contributed by atoms with Gasteiger partial charge >= 0.3 is 0 Å². The van der Waals surface area contributed by atoms with Gasteiger partial charge in [-0.3, -0.25) is 9.59 Å². The van der Waals surface area contributed by atoms with Gasteiger partial charge in [-0.1, -0.05) is 18.9 Å². The minimum atomic E-state index is -0.0402. The van der Waals surface area contributed by atoms with Crippen LogP contribution in [0.15, 0.2) is 17.5 Å². The van der Waals surface area contributed by atoms with Gasteiger partial charge in [0.15, 0.2) is 0 Å². The first-order chi connectivity index (χ1) is 9.75. The summed E-state index contributed by atoms with van der Waals surface area (Å²) in [7, 11) is 0. The molecular formula is C15H22N2O2S. The summed E-state index contributed by atoms with van der Waals surface area (Å²) in [6.45, 7) is 2.28. The van der Waals surface area contributed by atoms with Crippen LogP contribution in [0.5, 0.6) is 0 Å². The molecule has 1 aliphatic rings. The van der Waals surface area contributed by atoms with Gasteiger partial charge in [0.25, 0.3) is 0 Å². The number of hydrogen-bond donors (Lipinski definition) is 1. The molecule has 2 amide bonds. The molecule has 1 N–H and O–H groups in total. The fraction of sp³-hybridized carbons (Fsp3) is 0.600. The highest BCUT2D eigenvalue weighted by Gasteiger charge is 2.16. The average molecular weight is 294 g/mol. The maximum atomic E-state index is 12.0. The third-order valence-corrected chi connectivity index (χ3v) is 4.44. The van der Waals surface area contributed by atoms with E-state index in [0.29, 0.717) is 19.4 Å². The third-order valence-electron chi connectivity index (χ3n) is 3.56. The number of carbonyl (C=O) groups is 2. The summed E-state index contributed by atoms with van der Waals surface area (Å²) < 4.78 is 0. The lowest BCUT2D eigenvalue weighted by Crippen LogP contribution is -2.33. The van der Waals surface area contributed by atoms with Crippen molar-refractivity contribution in [3.63, 3.8) is 0 Å². The van der Waals surface area contributed by atoms with E-state index >= 15 is 0 Å². The van der Waals surface area contributed by atoms with Crippen molar-refractivity contribution >= 4 is 23.2 Å². The van der Waals surface area contributed by atoms with Crippen molar-refractivity contribution in [2.24, 2.45) is 0 Å². The summed E-state index contributed by atoms with van der Waals surface area (Å²) in [4.78, 5) is 26.8. The van der Waals surface area contributed by atoms with Crippen LogP contribution in [0.4, 0.5) is 0 Å². The first-order valence-corrected chi connectivity index (χ1v) is 8.20. The number of nitrogens with zero attached hydrogens (tertiary/aromatic N) is 1. The van der Waals surface area contributed by atoms with Crippen molar-refractivity contribution in [1.82, 2.24) is 10.2 Å². The molecule has 2 rings (SSSR count). The van der Waals surface area contributed by atoms with Crippen LogP contribution in [0, 0.1) is 0 Å². The van der Waals surface area contributed by atoms with Gasteiger partial charge in [0.2, 0.25) is 11.8 Å². The van der Waals surface area contributed by atoms with E-state index in [4.69, 9.17) is 0 Å². The van der Waals surface area contributed by atoms with Crippen LogP contribution >= 0.6 is 11.3 Å². The molecule has 110 valence electrons. The maximum absolute atomic E-state index is 12.0. The van der Waals surface area contributed by atoms with Gasteiger partial charge in [-0.15, -0.1) is 11.3 Å². The normalized spacial score (nSPS) is 15.7. The zero-order valence-corrected chi connectivity index (χ0v) is 12.6. The smallest absolute Gasteiger partial charge is 0.223 e. The van der Waals surface area contributed by atoms with Gasteiger partial charge in [-0.25, -0.2) is 0 Å². The minimum Gasteiger partial charge on any atom is -0.351 e. The molecule has 0 aliphatic carbocycles. The van der Waals surface area contributed by atoms with Gasteiger partial charge < -0.3 is 10.2 Å². The molecule has 1 aromatic rings. The van der Waals surface area contributed by atoms with Crippen molar-refractivity contribution in [2.75, 3.05) is 13.1 Å². The summed E-state index contributed by atoms with van der Waals surface area (Å²) in [6.07, 6.45) is 5.24. The van der Waals surface area contributed by atoms with E-state index in [-0.39, 0.29) is 11.8 Å². The van der Waals surface area contributed by atoms with E-state index in [1.807, 2.05) is 22.4 Å². The van der Waals surface area contributed by atoms with Crippen LogP contribution in [-0.2, 0) is 16.1 Å². The molecule has 0 atom stereocenters. The maximum Gasteiger partial charge on any atom is 0.223 e. The molecule has 0 saturated carbocycles. The average Bonchev–Trinajstić information content (AvgIpc) is 2.83. The van der Waals surface area contributed by atoms with Crippen LogP contribution in [0.25, 0.3) is 0 Å². The summed E-state index contributed by atoms with van der Waals surface area (Å²) in [5, 5.41) is 4.85. The Hall–Kier alpha value is -1.36. The Morgan fingerprint density at radius 2 is 1.90 bits per heavy atom. The number of likely N-dealkylation sites (tertiary alicyclic amines) is 1. The summed E-state index contributed by atoms with van der Waals surface area (Å²) >= 11 is 1.62. The number of hydrogen-bond acceptors (Lipinski definition) is 3. The Morgan fingerprint density at radius 1 is 1.15 bits per heavy atom. The van der Waals surface area contributed by atoms with Crippen LogP contribution in [-0.4, -0.2) is 29.8 Å². The fourth-order valence-electron chi connectivity index (χ4n) is 2.39. The number of nitrogens with one attached hydrogen (secondary N) is 1. The van der Waals surface area contributed by atoms with Gasteiger partial charge in [-0.05, 0) is 24.3 Å². The number of carbonyl (C=O) groups excluding carboxylic acids is 2. The summed E-state index contributed by atoms with van der Waals surface area (Å²) in [5.41, 5.74) is 0. The molecule has 0 spiro atoms. The predicted octanol–water partition coefficient (Wildman–Crippen LogP) is 2.55. The fourth-order valence-corrected chi connectivity index (χ4v) is 3.03. The van der Waals surface area contributed by atoms with Crippen molar-refractivity contribution in [3.8, 4) is 0 Å². The van der Waals surface area contributed by atoms with Crippen LogP contribution in [0.2, 0.25) is 0 Å². The van der Waals surface area contributed by atoms with E-state index < -0.39 is 0 Å². The molecule has 1 saturated heterocycles. The molecule has 0 bridgehead atoms. The second kappa shape index (κ2) is 8.04. The van der Waals surface area contributed by atoms with E-state index in [0.717, 1.165) is 30.8 Å². The number of thiophene rings is 1. The van der Waals surface area contributed by atoms with Crippen molar-refractivity contribution < 1.29 is 9.59 Å². The third kappa shape index (κ3) is 4.96. The second-order valence-corrected chi connectivity index (χ2v) is 6.18. The highest BCUT2D eigenvalue weighted by molar-refractivity contribution is 7.09. The lowest BCUT2D eigenvalue weighted by molar-refractivity contribution is -0.133. The molecule has 1 fully saturated rings. The second-order valence-electron chi connectivity index (χ2n) is 5.15. The zero-order chi connectivity index (χ0) is 14.2. The monoisotopic (exact) mass is 294 g/mol. The molecule has 20 heavy (non-hydrogen) atoms. The molecule has 4 nitrogen and oxygen atoms in total. The highest BCUT2D eigenvalue weighted by Crippen LogP contribution is 2.11. The Balaban J connectivity index is 1.65. The summed E-state index contributed by atoms with van der Waals surface area (Å²) in [5.74, 6) is 0.0831. The predicted molar refractivity (Wildman–Crippen MR) is 80.4 cm³/mol. The molecule has 2 heterocycles. The Bertz CT molecular complexity index is 423. The minimum absolute atomic E-state index is 0.0402. The first-order valence-electron chi connectivity index (χ1n) is 7.32. The van der Waals surface area contributed by atoms with E-state index in [9.17, 15) is 9.59 Å². The SMILES string of the molecule is O=C(CCC(=O)N1CCCCCC1)NCc1cccs1. The molecule has 1 aromatic heterocycles. The zero-order valence-electron chi connectivity index (χ0n) is 11.8. The van der Waals surface area contributed by atoms with E-state index in [2.05, 4.69) is 5.32 Å². The molecule has 5 heteroatoms. The quantitative estimate of drug-likeness (QED) is 0.907. The molecule has 1 aliphatic heterocycles. The van der Waals surface area contributed by atoms with Crippen LogP contribution in [0.1, 0.15) is 43.4 Å². The van der Waals surface area contributed by atoms with Crippen molar-refractivity contribution in [3.05, 3.63) is 22.4 Å². The van der Waals surface area contributed by atoms with Crippen molar-refractivity contribution in [1.29, 1.82) is 0 Å². The number of amides is 2. The molecule has 0 radical (unpaired) electrons. The highest BCUT2D eigenvalue weighted by atomic mass is 32.1. The lowest BCUT2D eigenvalue weighted by atomic mass is 10.2. The van der Waals surface area contributed by atoms with Gasteiger partial charge in [0.1, 0.15) is 0 Å². The molecule has 0 unspecified atom stereocenters. The van der Waals surface area contributed by atoms with E-state index in [1.54, 1.807) is 11.3 Å². The topological polar surface area (TPSA) is 49.4 Å². The molecular weight excluding hydrogens is 272 g/mol. The number of rotatable bonds is 5. The Labute approximate surface area is 124 Å². The van der Waals surface area contributed by atoms with Crippen LogP contribution < -0.4 is 5.32 Å². The van der Waals surface area contributed by atoms with E-state index in [1.165, 1.54) is 12.8 Å². The summed E-state index contributed by atoms with van der Waals surface area (Å²) in [6, 6.07) is 3.96. The van der Waals surface area contributed by atoms with Gasteiger partial charge in [0, 0.05) is 30.8 Å². The van der Waals surface area contributed by atoms with Gasteiger partial charge in [0.05, 0.1) is 6.54 Å². The van der Waals surface area contributed by atoms with Crippen molar-refractivity contribution in [2.45, 2.75) is 45.1 Å². The first kappa shape index (κ1) is 15.0. The Morgan fingerprint density at radius 3 is 2.55 bits per heavy atom. The standard InChI is InChI=1S/C15H22N2O2S/c18-14(16-12-13-6-5-11-20-13)7-8-15(19)17-9-3-1-2-4-10-17/h5-6,11H,1-4,7-10,12H2,(H,16,18). The Kier molecular flexibility index (Phi) is 6.05. The van der Waals surface area contributed by atoms with Crippen LogP contribution in [0.3, 0.4) is 0 Å². The molecule has 0 aromatic carbocycles. The lowest BCUT2D eigenvalue weighted by Gasteiger charge is -2.20.